The van der Waals surface area contributed by atoms with Crippen molar-refractivity contribution >= 4 is 11.5 Å². The number of ether oxygens (including phenoxy) is 3. The molecule has 0 bridgehead atoms. The first-order valence-electron chi connectivity index (χ1n) is 15.2. The average molecular weight is 563 g/mol. The van der Waals surface area contributed by atoms with E-state index < -0.39 is 11.8 Å². The van der Waals surface area contributed by atoms with E-state index in [0.717, 1.165) is 86.4 Å². The smallest absolute Gasteiger partial charge is 0.318 e. The monoisotopic (exact) mass is 562 g/mol. The van der Waals surface area contributed by atoms with Crippen LogP contribution < -0.4 is 15.4 Å². The highest BCUT2D eigenvalue weighted by Gasteiger charge is 2.50. The van der Waals surface area contributed by atoms with Crippen LogP contribution in [0.15, 0.2) is 12.1 Å². The molecule has 9 nitrogen and oxygen atoms in total. The van der Waals surface area contributed by atoms with Crippen LogP contribution >= 0.6 is 0 Å². The lowest BCUT2D eigenvalue weighted by molar-refractivity contribution is -0.0879. The molecule has 41 heavy (non-hydrogen) atoms. The first-order chi connectivity index (χ1) is 19.9. The predicted molar refractivity (Wildman–Crippen MR) is 151 cm³/mol. The van der Waals surface area contributed by atoms with Crippen LogP contribution in [-0.4, -0.2) is 66.2 Å². The van der Waals surface area contributed by atoms with Crippen LogP contribution in [-0.2, 0) is 28.1 Å². The van der Waals surface area contributed by atoms with Crippen LogP contribution in [0.3, 0.4) is 0 Å². The number of alkyl halides is 1. The molecule has 4 unspecified atom stereocenters. The molecule has 10 heteroatoms. The molecule has 5 aliphatic rings. The summed E-state index contributed by atoms with van der Waals surface area (Å²) in [7, 11) is 0. The van der Waals surface area contributed by atoms with Gasteiger partial charge in [0, 0.05) is 42.7 Å². The summed E-state index contributed by atoms with van der Waals surface area (Å²) in [5.74, 6) is 1.14. The van der Waals surface area contributed by atoms with Gasteiger partial charge < -0.3 is 24.8 Å². The quantitative estimate of drug-likeness (QED) is 0.533. The molecule has 7 rings (SSSR count). The van der Waals surface area contributed by atoms with Gasteiger partial charge in [-0.2, -0.15) is 15.2 Å². The van der Waals surface area contributed by atoms with E-state index >= 15 is 0 Å². The van der Waals surface area contributed by atoms with Crippen molar-refractivity contribution in [2.24, 2.45) is 0 Å². The molecule has 1 spiro atoms. The second-order valence-electron chi connectivity index (χ2n) is 12.5. The second kappa shape index (κ2) is 10.4. The Kier molecular flexibility index (Phi) is 6.80. The molecule has 2 aromatic rings. The fourth-order valence-corrected chi connectivity index (χ4v) is 8.08. The molecule has 1 aromatic heterocycles. The van der Waals surface area contributed by atoms with Crippen molar-refractivity contribution in [2.75, 3.05) is 50.2 Å². The summed E-state index contributed by atoms with van der Waals surface area (Å²) >= 11 is 0. The lowest BCUT2D eigenvalue weighted by Gasteiger charge is -2.45. The Balaban J connectivity index is 1.27. The molecular weight excluding hydrogens is 523 g/mol. The summed E-state index contributed by atoms with van der Waals surface area (Å²) in [6, 6.07) is 6.65. The van der Waals surface area contributed by atoms with Crippen LogP contribution in [0, 0.1) is 11.3 Å². The number of nitrogens with two attached hydrogens (primary N) is 1. The van der Waals surface area contributed by atoms with Crippen molar-refractivity contribution in [3.8, 4) is 12.1 Å². The Morgan fingerprint density at radius 3 is 2.95 bits per heavy atom. The van der Waals surface area contributed by atoms with E-state index in [1.54, 1.807) is 0 Å². The highest BCUT2D eigenvalue weighted by molar-refractivity contribution is 5.64. The van der Waals surface area contributed by atoms with Gasteiger partial charge >= 0.3 is 6.01 Å². The van der Waals surface area contributed by atoms with Crippen molar-refractivity contribution in [2.45, 2.75) is 88.1 Å². The van der Waals surface area contributed by atoms with E-state index in [9.17, 15) is 9.65 Å². The summed E-state index contributed by atoms with van der Waals surface area (Å²) < 4.78 is 33.4. The third kappa shape index (κ3) is 4.44. The summed E-state index contributed by atoms with van der Waals surface area (Å²) in [5, 5.41) is 10.2. The fraction of sp³-hybridized carbons (Fsp3) is 0.645. The molecule has 2 N–H and O–H groups in total. The molecule has 5 heterocycles. The highest BCUT2D eigenvalue weighted by atomic mass is 19.1. The molecule has 4 atom stereocenters. The molecule has 0 amide bonds. The third-order valence-corrected chi connectivity index (χ3v) is 10.2. The van der Waals surface area contributed by atoms with Crippen LogP contribution in [0.4, 0.5) is 15.9 Å². The Labute approximate surface area is 240 Å². The van der Waals surface area contributed by atoms with Gasteiger partial charge in [-0.1, -0.05) is 13.0 Å². The number of hydrogen-bond acceptors (Lipinski definition) is 9. The normalized spacial score (nSPS) is 31.0. The zero-order valence-corrected chi connectivity index (χ0v) is 23.8. The topological polar surface area (TPSA) is 110 Å². The van der Waals surface area contributed by atoms with Gasteiger partial charge in [0.15, 0.2) is 0 Å². The lowest BCUT2D eigenvalue weighted by atomic mass is 9.68. The first-order valence-corrected chi connectivity index (χ1v) is 15.2. The van der Waals surface area contributed by atoms with Crippen LogP contribution in [0.25, 0.3) is 0 Å². The number of nitrogens with zero attached hydrogens (tertiary/aromatic N) is 5. The molecule has 0 radical (unpaired) electrons. The van der Waals surface area contributed by atoms with Gasteiger partial charge in [0.1, 0.15) is 37.0 Å². The number of rotatable bonds is 5. The summed E-state index contributed by atoms with van der Waals surface area (Å²) in [6.45, 7) is 6.29. The summed E-state index contributed by atoms with van der Waals surface area (Å²) in [6.07, 6.45) is 5.82. The van der Waals surface area contributed by atoms with E-state index in [2.05, 4.69) is 28.9 Å². The van der Waals surface area contributed by atoms with Crippen molar-refractivity contribution in [3.05, 3.63) is 40.1 Å². The van der Waals surface area contributed by atoms with Gasteiger partial charge in [0.05, 0.1) is 30.0 Å². The number of nitriles is 1. The van der Waals surface area contributed by atoms with E-state index in [0.29, 0.717) is 62.5 Å². The van der Waals surface area contributed by atoms with Gasteiger partial charge in [0.25, 0.3) is 0 Å². The predicted octanol–water partition coefficient (Wildman–Crippen LogP) is 4.33. The number of anilines is 2. The largest absolute Gasteiger partial charge is 0.461 e. The fourth-order valence-electron chi connectivity index (χ4n) is 8.08. The minimum atomic E-state index is -0.818. The Morgan fingerprint density at radius 1 is 1.24 bits per heavy atom. The van der Waals surface area contributed by atoms with Gasteiger partial charge in [0.2, 0.25) is 0 Å². The minimum Gasteiger partial charge on any atom is -0.461 e. The molecule has 1 aromatic carbocycles. The van der Waals surface area contributed by atoms with Crippen molar-refractivity contribution in [1.29, 1.82) is 5.26 Å². The Hall–Kier alpha value is -3.00. The minimum absolute atomic E-state index is 0.284. The van der Waals surface area contributed by atoms with Crippen molar-refractivity contribution < 1.29 is 18.6 Å². The number of hydrogen-bond donors (Lipinski definition) is 1. The van der Waals surface area contributed by atoms with Crippen LogP contribution in [0.5, 0.6) is 6.01 Å². The first kappa shape index (κ1) is 26.9. The second-order valence-corrected chi connectivity index (χ2v) is 12.5. The number of fused-ring (bicyclic) bond motifs is 4. The molecule has 218 valence electrons. The molecule has 0 saturated carbocycles. The standard InChI is InChI=1S/C31H39FN6O3/c1-2-20-7-9-31(27-22(20)5-6-25(34)23(27)15-33)14-26-24(17-41-31)28(37-10-4-12-39-19-37)36-29(35-26)40-18-30-8-3-11-38(30)16-21(32)13-30/h5-6,20-21H,2-4,7-14,16-19,34H2,1H3. The maximum Gasteiger partial charge on any atom is 0.318 e. The number of halogens is 1. The number of nitrogen functional groups attached to an aromatic ring is 1. The SMILES string of the molecule is CCC1CCC2(Cc3nc(OCC45CCCN4CC(F)C5)nc(N4CCCOC4)c3CO2)c2c1ccc(N)c2C#N. The maximum atomic E-state index is 14.4. The molecule has 4 aliphatic heterocycles. The average Bonchev–Trinajstić information content (AvgIpc) is 3.52. The maximum absolute atomic E-state index is 14.4. The van der Waals surface area contributed by atoms with Gasteiger partial charge in [-0.05, 0) is 62.6 Å². The Bertz CT molecular complexity index is 1380. The molecule has 3 fully saturated rings. The molecule has 1 aliphatic carbocycles. The van der Waals surface area contributed by atoms with E-state index in [4.69, 9.17) is 29.9 Å². The summed E-state index contributed by atoms with van der Waals surface area (Å²) in [5.41, 5.74) is 10.3. The van der Waals surface area contributed by atoms with Crippen molar-refractivity contribution in [3.63, 3.8) is 0 Å². The molecular formula is C31H39FN6O3. The van der Waals surface area contributed by atoms with Crippen LogP contribution in [0.2, 0.25) is 0 Å². The van der Waals surface area contributed by atoms with Crippen LogP contribution in [0.1, 0.15) is 85.7 Å². The lowest BCUT2D eigenvalue weighted by Crippen LogP contribution is -2.44. The van der Waals surface area contributed by atoms with E-state index in [-0.39, 0.29) is 5.54 Å². The third-order valence-electron chi connectivity index (χ3n) is 10.2. The zero-order chi connectivity index (χ0) is 28.2. The van der Waals surface area contributed by atoms with Gasteiger partial charge in [-0.3, -0.25) is 4.90 Å². The molecule has 3 saturated heterocycles. The van der Waals surface area contributed by atoms with Gasteiger partial charge in [-0.15, -0.1) is 0 Å². The number of aromatic nitrogens is 2. The summed E-state index contributed by atoms with van der Waals surface area (Å²) in [4.78, 5) is 14.3. The van der Waals surface area contributed by atoms with Gasteiger partial charge in [-0.25, -0.2) is 4.39 Å². The highest BCUT2D eigenvalue weighted by Crippen LogP contribution is 2.52. The van der Waals surface area contributed by atoms with Crippen molar-refractivity contribution in [1.82, 2.24) is 14.9 Å². The zero-order valence-electron chi connectivity index (χ0n) is 23.8. The van der Waals surface area contributed by atoms with E-state index in [1.165, 1.54) is 0 Å². The Morgan fingerprint density at radius 2 is 2.15 bits per heavy atom. The van der Waals surface area contributed by atoms with E-state index in [1.807, 2.05) is 6.07 Å². The number of benzene rings is 1.